The monoisotopic (exact) mass is 338 g/mol. The summed E-state index contributed by atoms with van der Waals surface area (Å²) in [6.07, 6.45) is 11.8. The van der Waals surface area contributed by atoms with Crippen LogP contribution < -0.4 is 40.0 Å². The Morgan fingerprint density at radius 2 is 1.52 bits per heavy atom. The first kappa shape index (κ1) is 25.6. The molecule has 2 N–H and O–H groups in total. The van der Waals surface area contributed by atoms with E-state index in [0.717, 1.165) is 19.5 Å². The molecule has 0 aliphatic carbocycles. The van der Waals surface area contributed by atoms with Crippen molar-refractivity contribution in [2.75, 3.05) is 39.3 Å². The largest absolute Gasteiger partial charge is 1.00 e. The Balaban J connectivity index is 0. The summed E-state index contributed by atoms with van der Waals surface area (Å²) in [5.41, 5.74) is 0. The molecule has 5 nitrogen and oxygen atoms in total. The van der Waals surface area contributed by atoms with Gasteiger partial charge in [0.25, 0.3) is 0 Å². The molecule has 0 bridgehead atoms. The number of nitrogens with zero attached hydrogens (tertiary/aromatic N) is 1. The molecule has 0 aliphatic heterocycles. The Morgan fingerprint density at radius 1 is 0.957 bits per heavy atom. The summed E-state index contributed by atoms with van der Waals surface area (Å²) in [6.45, 7) is 5.30. The second kappa shape index (κ2) is 20.4. The van der Waals surface area contributed by atoms with Crippen LogP contribution in [0.2, 0.25) is 0 Å². The Labute approximate surface area is 164 Å². The fraction of sp³-hybridized carbons (Fsp3) is 0.941. The van der Waals surface area contributed by atoms with Crippen molar-refractivity contribution in [3.63, 3.8) is 0 Å². The average molecular weight is 338 g/mol. The number of hydrogen-bond acceptors (Lipinski definition) is 5. The van der Waals surface area contributed by atoms with Crippen molar-refractivity contribution in [1.29, 1.82) is 0 Å². The van der Waals surface area contributed by atoms with E-state index in [0.29, 0.717) is 13.1 Å². The third kappa shape index (κ3) is 20.3. The predicted octanol–water partition coefficient (Wildman–Crippen LogP) is -1.84. The average Bonchev–Trinajstić information content (AvgIpc) is 2.49. The summed E-state index contributed by atoms with van der Waals surface area (Å²) >= 11 is 0. The van der Waals surface area contributed by atoms with Crippen LogP contribution in [0, 0.1) is 0 Å². The molecule has 0 aliphatic rings. The van der Waals surface area contributed by atoms with E-state index in [-0.39, 0.29) is 42.7 Å². The maximum atomic E-state index is 10.3. The molecular weight excluding hydrogens is 303 g/mol. The molecule has 0 heterocycles. The normalized spacial score (nSPS) is 10.7. The quantitative estimate of drug-likeness (QED) is 0.241. The van der Waals surface area contributed by atoms with Gasteiger partial charge in [-0.2, -0.15) is 0 Å². The second-order valence-corrected chi connectivity index (χ2v) is 5.94. The molecule has 0 atom stereocenters. The molecule has 0 fully saturated rings. The van der Waals surface area contributed by atoms with E-state index >= 15 is 0 Å². The van der Waals surface area contributed by atoms with Crippen molar-refractivity contribution < 1.29 is 44.6 Å². The number of carbonyl (C=O) groups is 1. The molecule has 0 aromatic heterocycles. The van der Waals surface area contributed by atoms with Crippen LogP contribution in [0.1, 0.15) is 64.7 Å². The summed E-state index contributed by atoms with van der Waals surface area (Å²) < 4.78 is 0. The van der Waals surface area contributed by atoms with Crippen LogP contribution in [0.5, 0.6) is 0 Å². The van der Waals surface area contributed by atoms with Crippen molar-refractivity contribution in [2.24, 2.45) is 0 Å². The van der Waals surface area contributed by atoms with Gasteiger partial charge in [-0.05, 0) is 13.0 Å². The molecular formula is C17H35N2NaO3. The molecule has 0 spiro atoms. The van der Waals surface area contributed by atoms with Crippen LogP contribution in [0.15, 0.2) is 0 Å². The second-order valence-electron chi connectivity index (χ2n) is 5.94. The molecule has 0 saturated heterocycles. The van der Waals surface area contributed by atoms with Gasteiger partial charge in [0.2, 0.25) is 0 Å². The van der Waals surface area contributed by atoms with Crippen molar-refractivity contribution in [1.82, 2.24) is 10.2 Å². The summed E-state index contributed by atoms with van der Waals surface area (Å²) in [4.78, 5) is 12.5. The number of unbranched alkanes of at least 4 members (excludes halogenated alkanes) is 8. The molecule has 0 amide bonds. The maximum Gasteiger partial charge on any atom is 1.00 e. The smallest absolute Gasteiger partial charge is 0.549 e. The van der Waals surface area contributed by atoms with Gasteiger partial charge in [0.05, 0.1) is 12.6 Å². The van der Waals surface area contributed by atoms with E-state index < -0.39 is 5.97 Å². The van der Waals surface area contributed by atoms with Gasteiger partial charge in [0.1, 0.15) is 0 Å². The minimum Gasteiger partial charge on any atom is -0.549 e. The van der Waals surface area contributed by atoms with Crippen molar-refractivity contribution >= 4 is 5.97 Å². The van der Waals surface area contributed by atoms with Gasteiger partial charge in [0, 0.05) is 26.2 Å². The van der Waals surface area contributed by atoms with Crippen molar-refractivity contribution in [3.05, 3.63) is 0 Å². The number of aliphatic hydroxyl groups excluding tert-OH is 1. The number of rotatable bonds is 17. The fourth-order valence-corrected chi connectivity index (χ4v) is 2.55. The Hall–Kier alpha value is 0.350. The third-order valence-electron chi connectivity index (χ3n) is 3.87. The first-order chi connectivity index (χ1) is 10.7. The van der Waals surface area contributed by atoms with E-state index in [4.69, 9.17) is 5.11 Å². The Kier molecular flexibility index (Phi) is 22.7. The van der Waals surface area contributed by atoms with Gasteiger partial charge in [-0.1, -0.05) is 58.3 Å². The molecule has 0 aromatic rings. The standard InChI is InChI=1S/C17H36N2O3.Na/c1-2-3-4-5-6-7-8-9-10-12-19(14-15-20)13-11-18-16-17(21)22;/h18,20H,2-16H2,1H3,(H,21,22);/q;+1/p-1. The van der Waals surface area contributed by atoms with E-state index in [9.17, 15) is 9.90 Å². The molecule has 0 unspecified atom stereocenters. The number of aliphatic hydroxyl groups is 1. The van der Waals surface area contributed by atoms with Crippen LogP contribution in [-0.2, 0) is 4.79 Å². The molecule has 0 rings (SSSR count). The molecule has 0 aromatic carbocycles. The topological polar surface area (TPSA) is 75.6 Å². The molecule has 23 heavy (non-hydrogen) atoms. The Bertz CT molecular complexity index is 256. The van der Waals surface area contributed by atoms with Gasteiger partial charge >= 0.3 is 29.6 Å². The zero-order valence-corrected chi connectivity index (χ0v) is 17.3. The molecule has 0 radical (unpaired) electrons. The summed E-state index contributed by atoms with van der Waals surface area (Å²) in [5, 5.41) is 22.2. The van der Waals surface area contributed by atoms with E-state index in [1.807, 2.05) is 0 Å². The van der Waals surface area contributed by atoms with Gasteiger partial charge in [-0.25, -0.2) is 0 Å². The van der Waals surface area contributed by atoms with Crippen molar-refractivity contribution in [3.8, 4) is 0 Å². The van der Waals surface area contributed by atoms with Gasteiger partial charge in [0.15, 0.2) is 0 Å². The Morgan fingerprint density at radius 3 is 2.04 bits per heavy atom. The van der Waals surface area contributed by atoms with Gasteiger partial charge in [-0.3, -0.25) is 4.90 Å². The summed E-state index contributed by atoms with van der Waals surface area (Å²) in [5.74, 6) is -1.08. The van der Waals surface area contributed by atoms with E-state index in [2.05, 4.69) is 17.1 Å². The van der Waals surface area contributed by atoms with Crippen molar-refractivity contribution in [2.45, 2.75) is 64.7 Å². The van der Waals surface area contributed by atoms with Crippen LogP contribution in [-0.4, -0.2) is 55.3 Å². The molecule has 0 saturated carbocycles. The number of nitrogens with one attached hydrogen (secondary N) is 1. The maximum absolute atomic E-state index is 10.3. The zero-order chi connectivity index (χ0) is 16.5. The number of hydrogen-bond donors (Lipinski definition) is 2. The third-order valence-corrected chi connectivity index (χ3v) is 3.87. The van der Waals surface area contributed by atoms with Crippen LogP contribution in [0.4, 0.5) is 0 Å². The van der Waals surface area contributed by atoms with Crippen LogP contribution in [0.3, 0.4) is 0 Å². The number of carboxylic acid groups (broad SMARTS) is 1. The molecule has 132 valence electrons. The van der Waals surface area contributed by atoms with Crippen LogP contribution in [0.25, 0.3) is 0 Å². The van der Waals surface area contributed by atoms with E-state index in [1.54, 1.807) is 0 Å². The van der Waals surface area contributed by atoms with E-state index in [1.165, 1.54) is 51.4 Å². The first-order valence-electron chi connectivity index (χ1n) is 8.94. The first-order valence-corrected chi connectivity index (χ1v) is 8.94. The van der Waals surface area contributed by atoms with Gasteiger partial charge < -0.3 is 20.3 Å². The fourth-order valence-electron chi connectivity index (χ4n) is 2.55. The summed E-state index contributed by atoms with van der Waals surface area (Å²) in [7, 11) is 0. The predicted molar refractivity (Wildman–Crippen MR) is 88.6 cm³/mol. The number of carbonyl (C=O) groups excluding carboxylic acids is 1. The van der Waals surface area contributed by atoms with Crippen LogP contribution >= 0.6 is 0 Å². The van der Waals surface area contributed by atoms with Gasteiger partial charge in [-0.15, -0.1) is 0 Å². The number of carboxylic acids is 1. The minimum atomic E-state index is -1.08. The minimum absolute atomic E-state index is 0. The number of aliphatic carboxylic acids is 1. The SMILES string of the molecule is CCCCCCCCCCCN(CCO)CCNCC(=O)[O-].[Na+]. The molecule has 6 heteroatoms. The summed E-state index contributed by atoms with van der Waals surface area (Å²) in [6, 6.07) is 0. The zero-order valence-electron chi connectivity index (χ0n) is 15.3.